The maximum absolute atomic E-state index is 13.4. The van der Waals surface area contributed by atoms with Gasteiger partial charge in [-0.25, -0.2) is 0 Å². The van der Waals surface area contributed by atoms with Crippen LogP contribution in [0.3, 0.4) is 0 Å². The van der Waals surface area contributed by atoms with Crippen molar-refractivity contribution in [2.45, 2.75) is 51.4 Å². The highest BCUT2D eigenvalue weighted by Gasteiger charge is 2.54. The molecular formula is C24H30N4O5. The lowest BCUT2D eigenvalue weighted by Gasteiger charge is -2.44. The molecule has 1 spiro atoms. The maximum Gasteiger partial charge on any atom is 0.292 e. The van der Waals surface area contributed by atoms with Gasteiger partial charge in [-0.1, -0.05) is 19.9 Å². The molecule has 2 saturated heterocycles. The lowest BCUT2D eigenvalue weighted by atomic mass is 9.96. The number of piperidine rings is 1. The van der Waals surface area contributed by atoms with Crippen LogP contribution in [-0.4, -0.2) is 64.0 Å². The van der Waals surface area contributed by atoms with E-state index in [9.17, 15) is 14.4 Å². The number of pyridine rings is 1. The van der Waals surface area contributed by atoms with Crippen molar-refractivity contribution in [1.82, 2.24) is 20.1 Å². The Morgan fingerprint density at radius 1 is 1.21 bits per heavy atom. The van der Waals surface area contributed by atoms with E-state index in [0.717, 1.165) is 5.56 Å². The number of furan rings is 1. The molecular weight excluding hydrogens is 424 g/mol. The van der Waals surface area contributed by atoms with Gasteiger partial charge in [0, 0.05) is 51.3 Å². The van der Waals surface area contributed by atoms with E-state index in [1.54, 1.807) is 30.6 Å². The summed E-state index contributed by atoms with van der Waals surface area (Å²) in [4.78, 5) is 46.5. The molecule has 1 atom stereocenters. The summed E-state index contributed by atoms with van der Waals surface area (Å²) in [5.41, 5.74) is -0.0882. The highest BCUT2D eigenvalue weighted by atomic mass is 16.5. The molecule has 0 bridgehead atoms. The smallest absolute Gasteiger partial charge is 0.292 e. The molecule has 2 fully saturated rings. The summed E-state index contributed by atoms with van der Waals surface area (Å²) >= 11 is 0. The zero-order chi connectivity index (χ0) is 23.4. The average Bonchev–Trinajstić information content (AvgIpc) is 3.47. The summed E-state index contributed by atoms with van der Waals surface area (Å²) in [6, 6.07) is 6.10. The van der Waals surface area contributed by atoms with E-state index >= 15 is 0 Å². The molecule has 2 aromatic heterocycles. The van der Waals surface area contributed by atoms with Crippen molar-refractivity contribution in [3.8, 4) is 0 Å². The number of amides is 3. The van der Waals surface area contributed by atoms with Gasteiger partial charge in [0.15, 0.2) is 5.76 Å². The molecule has 9 nitrogen and oxygen atoms in total. The summed E-state index contributed by atoms with van der Waals surface area (Å²) < 4.78 is 11.5. The quantitative estimate of drug-likeness (QED) is 0.718. The Balaban J connectivity index is 1.51. The van der Waals surface area contributed by atoms with E-state index in [0.29, 0.717) is 38.9 Å². The van der Waals surface area contributed by atoms with Crippen LogP contribution in [0.25, 0.3) is 0 Å². The summed E-state index contributed by atoms with van der Waals surface area (Å²) in [6.45, 7) is 5.36. The number of rotatable bonds is 6. The van der Waals surface area contributed by atoms with Gasteiger partial charge in [0.2, 0.25) is 11.8 Å². The van der Waals surface area contributed by atoms with Crippen LogP contribution in [-0.2, 0) is 20.9 Å². The van der Waals surface area contributed by atoms with Gasteiger partial charge in [0.05, 0.1) is 12.9 Å². The van der Waals surface area contributed by atoms with Crippen LogP contribution in [0.5, 0.6) is 0 Å². The Morgan fingerprint density at radius 2 is 2.00 bits per heavy atom. The first-order chi connectivity index (χ1) is 15.9. The molecule has 3 amide bonds. The van der Waals surface area contributed by atoms with Crippen LogP contribution in [0, 0.1) is 5.92 Å². The van der Waals surface area contributed by atoms with Gasteiger partial charge in [-0.05, 0) is 29.7 Å². The van der Waals surface area contributed by atoms with Crippen LogP contribution < -0.4 is 5.32 Å². The van der Waals surface area contributed by atoms with Gasteiger partial charge in [-0.15, -0.1) is 0 Å². The van der Waals surface area contributed by atoms with Crippen molar-refractivity contribution in [1.29, 1.82) is 0 Å². The SMILES string of the molecule is CC(C)CC(=O)N1CCC2(CC1)OCC(C(=O)NCc1cccnc1)N2C(=O)c1ccco1. The van der Waals surface area contributed by atoms with E-state index in [4.69, 9.17) is 9.15 Å². The van der Waals surface area contributed by atoms with Crippen LogP contribution in [0.15, 0.2) is 47.3 Å². The molecule has 2 aliphatic rings. The molecule has 4 rings (SSSR count). The van der Waals surface area contributed by atoms with Crippen LogP contribution >= 0.6 is 0 Å². The lowest BCUT2D eigenvalue weighted by molar-refractivity contribution is -0.144. The molecule has 0 radical (unpaired) electrons. The first-order valence-corrected chi connectivity index (χ1v) is 11.3. The normalized spacial score (nSPS) is 19.8. The van der Waals surface area contributed by atoms with Gasteiger partial charge < -0.3 is 19.4 Å². The third kappa shape index (κ3) is 4.93. The first-order valence-electron chi connectivity index (χ1n) is 11.3. The molecule has 2 aromatic rings. The van der Waals surface area contributed by atoms with Gasteiger partial charge in [0.1, 0.15) is 11.8 Å². The van der Waals surface area contributed by atoms with Gasteiger partial charge in [-0.3, -0.25) is 24.3 Å². The number of nitrogens with zero attached hydrogens (tertiary/aromatic N) is 3. The highest BCUT2D eigenvalue weighted by molar-refractivity contribution is 5.96. The molecule has 1 unspecified atom stereocenters. The predicted octanol–water partition coefficient (Wildman–Crippen LogP) is 2.20. The van der Waals surface area contributed by atoms with Crippen LogP contribution in [0.4, 0.5) is 0 Å². The lowest BCUT2D eigenvalue weighted by Crippen LogP contribution is -2.59. The molecule has 1 N–H and O–H groups in total. The summed E-state index contributed by atoms with van der Waals surface area (Å²) in [5.74, 6) is -0.147. The third-order valence-electron chi connectivity index (χ3n) is 6.18. The van der Waals surface area contributed by atoms with Crippen molar-refractivity contribution in [2.75, 3.05) is 19.7 Å². The second-order valence-electron chi connectivity index (χ2n) is 8.98. The Morgan fingerprint density at radius 3 is 2.64 bits per heavy atom. The van der Waals surface area contributed by atoms with E-state index < -0.39 is 11.8 Å². The number of hydrogen-bond donors (Lipinski definition) is 1. The molecule has 4 heterocycles. The van der Waals surface area contributed by atoms with Crippen molar-refractivity contribution in [2.24, 2.45) is 5.92 Å². The average molecular weight is 455 g/mol. The van der Waals surface area contributed by atoms with E-state index in [2.05, 4.69) is 10.3 Å². The number of ether oxygens (including phenoxy) is 1. The van der Waals surface area contributed by atoms with Crippen molar-refractivity contribution in [3.63, 3.8) is 0 Å². The van der Waals surface area contributed by atoms with E-state index in [-0.39, 0.29) is 36.0 Å². The summed E-state index contributed by atoms with van der Waals surface area (Å²) in [7, 11) is 0. The van der Waals surface area contributed by atoms with Crippen molar-refractivity contribution < 1.29 is 23.5 Å². The van der Waals surface area contributed by atoms with Gasteiger partial charge in [0.25, 0.3) is 5.91 Å². The Kier molecular flexibility index (Phi) is 6.78. The zero-order valence-corrected chi connectivity index (χ0v) is 19.0. The van der Waals surface area contributed by atoms with E-state index in [1.165, 1.54) is 11.2 Å². The summed E-state index contributed by atoms with van der Waals surface area (Å²) in [5, 5.41) is 2.89. The minimum absolute atomic E-state index is 0.0886. The Labute approximate surface area is 193 Å². The number of carbonyl (C=O) groups is 3. The zero-order valence-electron chi connectivity index (χ0n) is 19.0. The largest absolute Gasteiger partial charge is 0.459 e. The minimum Gasteiger partial charge on any atom is -0.459 e. The highest BCUT2D eigenvalue weighted by Crippen LogP contribution is 2.38. The van der Waals surface area contributed by atoms with Crippen LogP contribution in [0.1, 0.15) is 49.2 Å². The second-order valence-corrected chi connectivity index (χ2v) is 8.98. The third-order valence-corrected chi connectivity index (χ3v) is 6.18. The second kappa shape index (κ2) is 9.74. The van der Waals surface area contributed by atoms with Crippen LogP contribution in [0.2, 0.25) is 0 Å². The number of carbonyl (C=O) groups excluding carboxylic acids is 3. The van der Waals surface area contributed by atoms with E-state index in [1.807, 2.05) is 24.8 Å². The number of aromatic nitrogens is 1. The standard InChI is InChI=1S/C24H30N4O5/c1-17(2)13-21(29)27-10-7-24(8-11-27)28(23(31)20-6-4-12-32-20)19(16-33-24)22(30)26-15-18-5-3-9-25-14-18/h3-6,9,12,14,17,19H,7-8,10-11,13,15-16H2,1-2H3,(H,26,30). The monoisotopic (exact) mass is 454 g/mol. The first kappa shape index (κ1) is 23.0. The summed E-state index contributed by atoms with van der Waals surface area (Å²) in [6.07, 6.45) is 6.15. The fourth-order valence-corrected chi connectivity index (χ4v) is 4.48. The topological polar surface area (TPSA) is 105 Å². The molecule has 33 heavy (non-hydrogen) atoms. The fourth-order valence-electron chi connectivity index (χ4n) is 4.48. The molecule has 0 aromatic carbocycles. The number of likely N-dealkylation sites (tertiary alicyclic amines) is 1. The molecule has 176 valence electrons. The molecule has 9 heteroatoms. The molecule has 2 aliphatic heterocycles. The number of hydrogen-bond acceptors (Lipinski definition) is 6. The Hall–Kier alpha value is -3.20. The predicted molar refractivity (Wildman–Crippen MR) is 119 cm³/mol. The minimum atomic E-state index is -0.950. The molecule has 0 aliphatic carbocycles. The van der Waals surface area contributed by atoms with Gasteiger partial charge >= 0.3 is 0 Å². The fraction of sp³-hybridized carbons (Fsp3) is 0.500. The maximum atomic E-state index is 13.4. The van der Waals surface area contributed by atoms with Crippen molar-refractivity contribution in [3.05, 3.63) is 54.2 Å². The number of nitrogens with one attached hydrogen (secondary N) is 1. The van der Waals surface area contributed by atoms with Gasteiger partial charge in [-0.2, -0.15) is 0 Å². The van der Waals surface area contributed by atoms with Crippen molar-refractivity contribution >= 4 is 17.7 Å². The Bertz CT molecular complexity index is 968. The molecule has 0 saturated carbocycles.